The van der Waals surface area contributed by atoms with Gasteiger partial charge in [-0.15, -0.1) is 0 Å². The second kappa shape index (κ2) is 3.73. The molecule has 8 heteroatoms. The van der Waals surface area contributed by atoms with Crippen molar-refractivity contribution < 1.29 is 18.4 Å². The van der Waals surface area contributed by atoms with E-state index in [0.29, 0.717) is 0 Å². The Morgan fingerprint density at radius 3 is 2.53 bits per heavy atom. The predicted molar refractivity (Wildman–Crippen MR) is 53.2 cm³/mol. The summed E-state index contributed by atoms with van der Waals surface area (Å²) in [6.07, 6.45) is 0.922. The number of nitro groups is 1. The second-order valence-corrected chi connectivity index (χ2v) is 4.58. The summed E-state index contributed by atoms with van der Waals surface area (Å²) in [5.74, 6) is -0.515. The molecule has 0 aliphatic carbocycles. The fourth-order valence-electron chi connectivity index (χ4n) is 0.947. The van der Waals surface area contributed by atoms with Gasteiger partial charge < -0.3 is 5.11 Å². The van der Waals surface area contributed by atoms with Gasteiger partial charge >= 0.3 is 5.69 Å². The molecule has 1 aromatic rings. The molecule has 1 rings (SSSR count). The number of hydrogen-bond donors (Lipinski definition) is 2. The number of nitrogens with one attached hydrogen (secondary N) is 1. The maximum atomic E-state index is 10.8. The fraction of sp³-hybridized carbons (Fsp3) is 0.143. The van der Waals surface area contributed by atoms with Gasteiger partial charge in [-0.25, -0.2) is 8.42 Å². The molecule has 0 fully saturated rings. The van der Waals surface area contributed by atoms with Gasteiger partial charge in [-0.3, -0.25) is 14.8 Å². The molecule has 82 valence electrons. The van der Waals surface area contributed by atoms with E-state index in [1.54, 1.807) is 0 Å². The minimum Gasteiger partial charge on any atom is -0.502 e. The SMILES string of the molecule is CS(=O)(=O)Nc1ccc(O)c([N+](=O)[O-])c1. The third-order valence-electron chi connectivity index (χ3n) is 1.48. The van der Waals surface area contributed by atoms with Crippen LogP contribution >= 0.6 is 0 Å². The molecule has 0 heterocycles. The van der Waals surface area contributed by atoms with E-state index >= 15 is 0 Å². The van der Waals surface area contributed by atoms with Gasteiger partial charge in [0.2, 0.25) is 10.0 Å². The van der Waals surface area contributed by atoms with Gasteiger partial charge in [-0.1, -0.05) is 0 Å². The Balaban J connectivity index is 3.14. The molecule has 0 aliphatic rings. The van der Waals surface area contributed by atoms with E-state index in [0.717, 1.165) is 18.4 Å². The van der Waals surface area contributed by atoms with E-state index in [1.165, 1.54) is 6.07 Å². The summed E-state index contributed by atoms with van der Waals surface area (Å²) in [7, 11) is -3.49. The minimum absolute atomic E-state index is 0.0296. The van der Waals surface area contributed by atoms with Gasteiger partial charge in [0.1, 0.15) is 0 Å². The zero-order chi connectivity index (χ0) is 11.6. The first-order valence-electron chi connectivity index (χ1n) is 3.75. The van der Waals surface area contributed by atoms with Crippen molar-refractivity contribution in [2.24, 2.45) is 0 Å². The number of rotatable bonds is 3. The number of nitro benzene ring substituents is 1. The molecule has 0 saturated heterocycles. The first-order chi connectivity index (χ1) is 6.79. The monoisotopic (exact) mass is 232 g/mol. The van der Waals surface area contributed by atoms with Crippen molar-refractivity contribution in [1.82, 2.24) is 0 Å². The van der Waals surface area contributed by atoms with Crippen LogP contribution in [0.25, 0.3) is 0 Å². The molecule has 2 N–H and O–H groups in total. The second-order valence-electron chi connectivity index (χ2n) is 2.83. The molecule has 1 aromatic carbocycles. The molecule has 0 unspecified atom stereocenters. The smallest absolute Gasteiger partial charge is 0.312 e. The third-order valence-corrected chi connectivity index (χ3v) is 2.08. The Labute approximate surface area is 85.6 Å². The highest BCUT2D eigenvalue weighted by molar-refractivity contribution is 7.92. The molecule has 7 nitrogen and oxygen atoms in total. The lowest BCUT2D eigenvalue weighted by Gasteiger charge is -2.03. The van der Waals surface area contributed by atoms with E-state index in [1.807, 2.05) is 0 Å². The van der Waals surface area contributed by atoms with Crippen LogP contribution in [-0.4, -0.2) is 24.7 Å². The van der Waals surface area contributed by atoms with Crippen LogP contribution in [-0.2, 0) is 10.0 Å². The highest BCUT2D eigenvalue weighted by Gasteiger charge is 2.14. The highest BCUT2D eigenvalue weighted by atomic mass is 32.2. The van der Waals surface area contributed by atoms with Gasteiger partial charge in [0.15, 0.2) is 5.75 Å². The number of benzene rings is 1. The van der Waals surface area contributed by atoms with Crippen molar-refractivity contribution in [1.29, 1.82) is 0 Å². The summed E-state index contributed by atoms with van der Waals surface area (Å²) >= 11 is 0. The zero-order valence-electron chi connectivity index (χ0n) is 7.67. The number of nitrogens with zero attached hydrogens (tertiary/aromatic N) is 1. The number of phenolic OH excluding ortho intramolecular Hbond substituents is 1. The number of phenols is 1. The lowest BCUT2D eigenvalue weighted by Crippen LogP contribution is -2.09. The summed E-state index contributed by atoms with van der Waals surface area (Å²) in [4.78, 5) is 9.61. The summed E-state index contributed by atoms with van der Waals surface area (Å²) in [6.45, 7) is 0. The Kier molecular flexibility index (Phi) is 2.80. The molecule has 0 atom stereocenters. The van der Waals surface area contributed by atoms with Gasteiger partial charge in [0.25, 0.3) is 0 Å². The molecule has 0 bridgehead atoms. The molecule has 0 aliphatic heterocycles. The Hall–Kier alpha value is -1.83. The number of sulfonamides is 1. The third kappa shape index (κ3) is 3.09. The lowest BCUT2D eigenvalue weighted by molar-refractivity contribution is -0.385. The van der Waals surface area contributed by atoms with Crippen LogP contribution in [0.1, 0.15) is 0 Å². The summed E-state index contributed by atoms with van der Waals surface area (Å²) < 4.78 is 23.7. The van der Waals surface area contributed by atoms with Crippen molar-refractivity contribution >= 4 is 21.4 Å². The van der Waals surface area contributed by atoms with Crippen LogP contribution in [0.5, 0.6) is 5.75 Å². The molecule has 0 spiro atoms. The van der Waals surface area contributed by atoms with Crippen LogP contribution in [0.3, 0.4) is 0 Å². The van der Waals surface area contributed by atoms with Crippen molar-refractivity contribution in [2.45, 2.75) is 0 Å². The van der Waals surface area contributed by atoms with E-state index in [4.69, 9.17) is 5.11 Å². The molecular formula is C7H8N2O5S. The van der Waals surface area contributed by atoms with Gasteiger partial charge in [0.05, 0.1) is 16.9 Å². The minimum atomic E-state index is -3.49. The normalized spacial score (nSPS) is 11.0. The van der Waals surface area contributed by atoms with E-state index in [2.05, 4.69) is 4.72 Å². The molecule has 0 amide bonds. The first-order valence-corrected chi connectivity index (χ1v) is 5.64. The van der Waals surface area contributed by atoms with Gasteiger partial charge in [-0.05, 0) is 12.1 Å². The Bertz CT molecular complexity index is 496. The maximum absolute atomic E-state index is 10.8. The quantitative estimate of drug-likeness (QED) is 0.452. The zero-order valence-corrected chi connectivity index (χ0v) is 8.48. The predicted octanol–water partition coefficient (Wildman–Crippen LogP) is 0.672. The summed E-state index contributed by atoms with van der Waals surface area (Å²) in [5.41, 5.74) is -0.523. The van der Waals surface area contributed by atoms with E-state index < -0.39 is 26.4 Å². The average Bonchev–Trinajstić information content (AvgIpc) is 2.05. The van der Waals surface area contributed by atoms with Crippen LogP contribution in [0, 0.1) is 10.1 Å². The first kappa shape index (κ1) is 11.2. The van der Waals surface area contributed by atoms with Crippen molar-refractivity contribution in [3.8, 4) is 5.75 Å². The fourth-order valence-corrected chi connectivity index (χ4v) is 1.50. The van der Waals surface area contributed by atoms with Gasteiger partial charge in [-0.2, -0.15) is 0 Å². The molecular weight excluding hydrogens is 224 g/mol. The van der Waals surface area contributed by atoms with Crippen LogP contribution in [0.4, 0.5) is 11.4 Å². The Morgan fingerprint density at radius 2 is 2.07 bits per heavy atom. The van der Waals surface area contributed by atoms with Crippen LogP contribution in [0.2, 0.25) is 0 Å². The van der Waals surface area contributed by atoms with Crippen molar-refractivity contribution in [3.05, 3.63) is 28.3 Å². The average molecular weight is 232 g/mol. The molecule has 0 saturated carbocycles. The lowest BCUT2D eigenvalue weighted by atomic mass is 10.2. The number of hydrogen-bond acceptors (Lipinski definition) is 5. The molecule has 0 radical (unpaired) electrons. The van der Waals surface area contributed by atoms with Crippen molar-refractivity contribution in [3.63, 3.8) is 0 Å². The molecule has 0 aromatic heterocycles. The largest absolute Gasteiger partial charge is 0.502 e. The number of aromatic hydroxyl groups is 1. The van der Waals surface area contributed by atoms with E-state index in [9.17, 15) is 18.5 Å². The van der Waals surface area contributed by atoms with Crippen LogP contribution < -0.4 is 4.72 Å². The number of anilines is 1. The standard InChI is InChI=1S/C7H8N2O5S/c1-15(13,14)8-5-2-3-7(10)6(4-5)9(11)12/h2-4,8,10H,1H3. The summed E-state index contributed by atoms with van der Waals surface area (Å²) in [5, 5.41) is 19.5. The van der Waals surface area contributed by atoms with E-state index in [-0.39, 0.29) is 5.69 Å². The maximum Gasteiger partial charge on any atom is 0.312 e. The van der Waals surface area contributed by atoms with Crippen molar-refractivity contribution in [2.75, 3.05) is 11.0 Å². The molecule has 15 heavy (non-hydrogen) atoms. The summed E-state index contributed by atoms with van der Waals surface area (Å²) in [6, 6.07) is 3.21. The topological polar surface area (TPSA) is 110 Å². The van der Waals surface area contributed by atoms with Gasteiger partial charge in [0, 0.05) is 6.07 Å². The van der Waals surface area contributed by atoms with Crippen LogP contribution in [0.15, 0.2) is 18.2 Å². The Morgan fingerprint density at radius 1 is 1.47 bits per heavy atom. The highest BCUT2D eigenvalue weighted by Crippen LogP contribution is 2.28.